The summed E-state index contributed by atoms with van der Waals surface area (Å²) >= 11 is 0. The van der Waals surface area contributed by atoms with E-state index in [1.54, 1.807) is 6.20 Å². The molecule has 3 aromatic heterocycles. The molecule has 4 bridgehead atoms. The molecule has 0 saturated heterocycles. The molecule has 8 rings (SSSR count). The summed E-state index contributed by atoms with van der Waals surface area (Å²) < 4.78 is 5.60. The Morgan fingerprint density at radius 1 is 1.14 bits per heavy atom. The summed E-state index contributed by atoms with van der Waals surface area (Å²) in [4.78, 5) is 25.0. The third kappa shape index (κ3) is 3.71. The molecule has 5 saturated carbocycles. The molecule has 3 heterocycles. The number of aromatic nitrogens is 4. The number of hydrogen-bond donors (Lipinski definition) is 4. The van der Waals surface area contributed by atoms with Crippen molar-refractivity contribution in [1.29, 1.82) is 0 Å². The van der Waals surface area contributed by atoms with Crippen molar-refractivity contribution in [3.8, 4) is 11.5 Å². The van der Waals surface area contributed by atoms with Crippen molar-refractivity contribution in [3.63, 3.8) is 0 Å². The van der Waals surface area contributed by atoms with Gasteiger partial charge in [0.2, 0.25) is 0 Å². The maximum Gasteiger partial charge on any atom is 0.292 e. The van der Waals surface area contributed by atoms with Crippen LogP contribution in [0.25, 0.3) is 22.5 Å². The lowest BCUT2D eigenvalue weighted by Crippen LogP contribution is -2.59. The smallest absolute Gasteiger partial charge is 0.292 e. The Balaban J connectivity index is 1.19. The third-order valence-corrected chi connectivity index (χ3v) is 8.94. The van der Waals surface area contributed by atoms with Crippen molar-refractivity contribution in [2.75, 3.05) is 5.32 Å². The SMILES string of the molecule is O=C(NC1CCCCC1)c1noc(-c2cnc3[nH]ccc3c2NC2C3CC4CC2CC(O)(C4)C3)n1. The zero-order valence-electron chi connectivity index (χ0n) is 19.8. The monoisotopic (exact) mass is 476 g/mol. The molecule has 184 valence electrons. The lowest BCUT2D eigenvalue weighted by Gasteiger charge is -2.58. The van der Waals surface area contributed by atoms with Crippen LogP contribution in [0.15, 0.2) is 23.0 Å². The number of hydrogen-bond acceptors (Lipinski definition) is 7. The summed E-state index contributed by atoms with van der Waals surface area (Å²) in [5.74, 6) is 1.59. The molecule has 5 aliphatic carbocycles. The second-order valence-electron chi connectivity index (χ2n) is 11.4. The van der Waals surface area contributed by atoms with Gasteiger partial charge in [-0.2, -0.15) is 4.98 Å². The summed E-state index contributed by atoms with van der Waals surface area (Å²) in [6.07, 6.45) is 14.1. The summed E-state index contributed by atoms with van der Waals surface area (Å²) in [6, 6.07) is 2.47. The van der Waals surface area contributed by atoms with Crippen molar-refractivity contribution in [1.82, 2.24) is 25.4 Å². The molecule has 0 aliphatic heterocycles. The molecule has 2 unspecified atom stereocenters. The van der Waals surface area contributed by atoms with Crippen LogP contribution in [0.5, 0.6) is 0 Å². The Hall–Kier alpha value is -2.94. The molecule has 35 heavy (non-hydrogen) atoms. The fraction of sp³-hybridized carbons (Fsp3) is 0.615. The summed E-state index contributed by atoms with van der Waals surface area (Å²) in [6.45, 7) is 0. The Morgan fingerprint density at radius 2 is 1.94 bits per heavy atom. The van der Waals surface area contributed by atoms with Crippen molar-refractivity contribution >= 4 is 22.6 Å². The Labute approximate surface area is 203 Å². The number of carbonyl (C=O) groups is 1. The van der Waals surface area contributed by atoms with Crippen LogP contribution < -0.4 is 10.6 Å². The predicted molar refractivity (Wildman–Crippen MR) is 130 cm³/mol. The zero-order valence-corrected chi connectivity index (χ0v) is 19.8. The Bertz CT molecular complexity index is 1250. The van der Waals surface area contributed by atoms with Gasteiger partial charge in [-0.1, -0.05) is 24.4 Å². The molecule has 0 aromatic carbocycles. The standard InChI is InChI=1S/C26H32N6O3/c33-24(29-17-4-2-1-3-5-17)23-31-25(35-32-23)19-13-28-22-18(6-7-27-22)21(19)30-20-15-8-14-9-16(20)12-26(34,10-14)11-15/h6-7,13-17,20,34H,1-5,8-12H2,(H,29,33)(H2,27,28,30). The van der Waals surface area contributed by atoms with E-state index in [-0.39, 0.29) is 23.8 Å². The molecule has 2 atom stereocenters. The third-order valence-electron chi connectivity index (χ3n) is 8.94. The minimum Gasteiger partial charge on any atom is -0.390 e. The highest BCUT2D eigenvalue weighted by Gasteiger charge is 2.54. The van der Waals surface area contributed by atoms with Gasteiger partial charge < -0.3 is 25.2 Å². The highest BCUT2D eigenvalue weighted by Crippen LogP contribution is 2.56. The van der Waals surface area contributed by atoms with Crippen LogP contribution in [-0.2, 0) is 0 Å². The molecular formula is C26H32N6O3. The predicted octanol–water partition coefficient (Wildman–Crippen LogP) is 4.03. The lowest BCUT2D eigenvalue weighted by molar-refractivity contribution is -0.129. The van der Waals surface area contributed by atoms with Crippen molar-refractivity contribution < 1.29 is 14.4 Å². The molecule has 0 spiro atoms. The number of pyridine rings is 1. The summed E-state index contributed by atoms with van der Waals surface area (Å²) in [5, 5.41) is 22.9. The van der Waals surface area contributed by atoms with Crippen molar-refractivity contribution in [2.24, 2.45) is 17.8 Å². The lowest BCUT2D eigenvalue weighted by atomic mass is 9.52. The molecule has 5 aliphatic rings. The normalized spacial score (nSPS) is 32.3. The number of nitrogens with one attached hydrogen (secondary N) is 3. The van der Waals surface area contributed by atoms with E-state index in [4.69, 9.17) is 4.52 Å². The number of aromatic amines is 1. The molecule has 1 amide bonds. The molecule has 0 radical (unpaired) electrons. The number of H-pyrrole nitrogens is 1. The van der Waals surface area contributed by atoms with E-state index in [2.05, 4.69) is 30.7 Å². The first-order valence-corrected chi connectivity index (χ1v) is 13.1. The van der Waals surface area contributed by atoms with E-state index in [0.717, 1.165) is 61.7 Å². The Morgan fingerprint density at radius 3 is 2.71 bits per heavy atom. The molecule has 4 N–H and O–H groups in total. The molecule has 9 heteroatoms. The van der Waals surface area contributed by atoms with E-state index in [0.29, 0.717) is 29.2 Å². The van der Waals surface area contributed by atoms with Crippen molar-refractivity contribution in [2.45, 2.75) is 81.9 Å². The number of aliphatic hydroxyl groups is 1. The topological polar surface area (TPSA) is 129 Å². The Kier molecular flexibility index (Phi) is 4.91. The van der Waals surface area contributed by atoms with Crippen LogP contribution in [0, 0.1) is 17.8 Å². The van der Waals surface area contributed by atoms with Crippen LogP contribution in [0.2, 0.25) is 0 Å². The number of amides is 1. The average molecular weight is 477 g/mol. The van der Waals surface area contributed by atoms with Gasteiger partial charge in [0.15, 0.2) is 0 Å². The van der Waals surface area contributed by atoms with Crippen LogP contribution in [0.1, 0.15) is 74.8 Å². The summed E-state index contributed by atoms with van der Waals surface area (Å²) in [7, 11) is 0. The second kappa shape index (κ2) is 8.05. The maximum atomic E-state index is 12.8. The molecule has 3 aromatic rings. The quantitative estimate of drug-likeness (QED) is 0.438. The number of anilines is 1. The second-order valence-corrected chi connectivity index (χ2v) is 11.4. The number of carbonyl (C=O) groups excluding carboxylic acids is 1. The summed E-state index contributed by atoms with van der Waals surface area (Å²) in [5.41, 5.74) is 1.91. The molecule has 9 nitrogen and oxygen atoms in total. The van der Waals surface area contributed by atoms with Crippen LogP contribution in [0.3, 0.4) is 0 Å². The molecule has 5 fully saturated rings. The van der Waals surface area contributed by atoms with Gasteiger partial charge in [-0.25, -0.2) is 4.98 Å². The van der Waals surface area contributed by atoms with E-state index in [9.17, 15) is 9.90 Å². The van der Waals surface area contributed by atoms with Gasteiger partial charge >= 0.3 is 0 Å². The van der Waals surface area contributed by atoms with Gasteiger partial charge in [0.05, 0.1) is 16.9 Å². The maximum absolute atomic E-state index is 12.8. The van der Waals surface area contributed by atoms with Gasteiger partial charge in [-0.3, -0.25) is 4.79 Å². The van der Waals surface area contributed by atoms with Crippen LogP contribution in [0.4, 0.5) is 5.69 Å². The highest BCUT2D eigenvalue weighted by molar-refractivity contribution is 5.97. The van der Waals surface area contributed by atoms with Crippen LogP contribution >= 0.6 is 0 Å². The zero-order chi connectivity index (χ0) is 23.6. The number of fused-ring (bicyclic) bond motifs is 1. The number of nitrogens with zero attached hydrogens (tertiary/aromatic N) is 3. The van der Waals surface area contributed by atoms with Gasteiger partial charge in [0, 0.05) is 29.9 Å². The highest BCUT2D eigenvalue weighted by atomic mass is 16.5. The molecular weight excluding hydrogens is 444 g/mol. The van der Waals surface area contributed by atoms with Gasteiger partial charge in [0.25, 0.3) is 17.6 Å². The average Bonchev–Trinajstić information content (AvgIpc) is 3.51. The van der Waals surface area contributed by atoms with E-state index < -0.39 is 5.60 Å². The first-order valence-electron chi connectivity index (χ1n) is 13.1. The van der Waals surface area contributed by atoms with E-state index >= 15 is 0 Å². The van der Waals surface area contributed by atoms with Gasteiger partial charge in [-0.15, -0.1) is 0 Å². The van der Waals surface area contributed by atoms with E-state index in [1.165, 1.54) is 19.3 Å². The first-order chi connectivity index (χ1) is 17.0. The largest absolute Gasteiger partial charge is 0.390 e. The minimum atomic E-state index is -0.480. The fourth-order valence-electron chi connectivity index (χ4n) is 7.63. The van der Waals surface area contributed by atoms with Crippen LogP contribution in [-0.4, -0.2) is 48.8 Å². The fourth-order valence-corrected chi connectivity index (χ4v) is 7.63. The van der Waals surface area contributed by atoms with Gasteiger partial charge in [-0.05, 0) is 68.8 Å². The number of rotatable bonds is 5. The first kappa shape index (κ1) is 21.4. The van der Waals surface area contributed by atoms with Gasteiger partial charge in [0.1, 0.15) is 5.65 Å². The van der Waals surface area contributed by atoms with E-state index in [1.807, 2.05) is 12.3 Å². The minimum absolute atomic E-state index is 0.0579. The van der Waals surface area contributed by atoms with Crippen molar-refractivity contribution in [3.05, 3.63) is 24.3 Å².